The van der Waals surface area contributed by atoms with Crippen LogP contribution in [0.15, 0.2) is 30.3 Å². The van der Waals surface area contributed by atoms with E-state index in [1.807, 2.05) is 17.8 Å². The van der Waals surface area contributed by atoms with Crippen LogP contribution < -0.4 is 0 Å². The Balaban J connectivity index is 2.26. The summed E-state index contributed by atoms with van der Waals surface area (Å²) in [6.07, 6.45) is 2.14. The highest BCUT2D eigenvalue weighted by Gasteiger charge is 2.50. The molecule has 0 unspecified atom stereocenters. The molecule has 1 fully saturated rings. The number of ether oxygens (including phenoxy) is 1. The molecule has 2 atom stereocenters. The summed E-state index contributed by atoms with van der Waals surface area (Å²) in [5.41, 5.74) is 1.33. The fourth-order valence-corrected chi connectivity index (χ4v) is 2.28. The van der Waals surface area contributed by atoms with E-state index in [2.05, 4.69) is 37.4 Å². The van der Waals surface area contributed by atoms with Crippen LogP contribution in [-0.4, -0.2) is 18.1 Å². The summed E-state index contributed by atoms with van der Waals surface area (Å²) in [4.78, 5) is 0. The molecule has 0 amide bonds. The van der Waals surface area contributed by atoms with Gasteiger partial charge in [-0.15, -0.1) is 0 Å². The third-order valence-electron chi connectivity index (χ3n) is 2.73. The molecule has 1 aromatic rings. The van der Waals surface area contributed by atoms with Gasteiger partial charge in [-0.25, -0.2) is 0 Å². The molecule has 0 spiro atoms. The summed E-state index contributed by atoms with van der Waals surface area (Å²) in [6, 6.07) is 10.5. The van der Waals surface area contributed by atoms with Gasteiger partial charge in [-0.3, -0.25) is 0 Å². The molecule has 13 heavy (non-hydrogen) atoms. The van der Waals surface area contributed by atoms with Crippen molar-refractivity contribution < 1.29 is 4.74 Å². The van der Waals surface area contributed by atoms with Gasteiger partial charge in [0.2, 0.25) is 0 Å². The SMILES string of the molecule is CS[C@H](C)[C@]1(c2ccccc2)CO1. The molecule has 1 nitrogen and oxygen atoms in total. The summed E-state index contributed by atoms with van der Waals surface area (Å²) in [7, 11) is 0. The maximum Gasteiger partial charge on any atom is 0.128 e. The van der Waals surface area contributed by atoms with Crippen LogP contribution in [0, 0.1) is 0 Å². The van der Waals surface area contributed by atoms with Crippen molar-refractivity contribution >= 4 is 11.8 Å². The summed E-state index contributed by atoms with van der Waals surface area (Å²) in [6.45, 7) is 3.10. The molecule has 1 aromatic carbocycles. The lowest BCUT2D eigenvalue weighted by Gasteiger charge is -2.18. The fourth-order valence-electron chi connectivity index (χ4n) is 1.62. The average Bonchev–Trinajstić information content (AvgIpc) is 2.99. The van der Waals surface area contributed by atoms with Crippen molar-refractivity contribution in [2.45, 2.75) is 17.8 Å². The lowest BCUT2D eigenvalue weighted by molar-refractivity contribution is 0.307. The standard InChI is InChI=1S/C11H14OS/c1-9(13-2)11(8-12-11)10-6-4-3-5-7-10/h3-7,9H,8H2,1-2H3/t9-,11+/m1/s1. The minimum atomic E-state index is 0.0146. The second kappa shape index (κ2) is 3.35. The Morgan fingerprint density at radius 1 is 1.38 bits per heavy atom. The number of rotatable bonds is 3. The highest BCUT2D eigenvalue weighted by atomic mass is 32.2. The maximum atomic E-state index is 5.61. The number of benzene rings is 1. The highest BCUT2D eigenvalue weighted by Crippen LogP contribution is 2.45. The van der Waals surface area contributed by atoms with Crippen molar-refractivity contribution in [3.05, 3.63) is 35.9 Å². The Bertz CT molecular complexity index is 279. The van der Waals surface area contributed by atoms with Crippen LogP contribution in [-0.2, 0) is 10.3 Å². The summed E-state index contributed by atoms with van der Waals surface area (Å²) in [5.74, 6) is 0. The first-order chi connectivity index (χ1) is 6.29. The Kier molecular flexibility index (Phi) is 2.35. The second-order valence-corrected chi connectivity index (χ2v) is 4.60. The summed E-state index contributed by atoms with van der Waals surface area (Å²) in [5, 5.41) is 0.537. The van der Waals surface area contributed by atoms with E-state index in [1.165, 1.54) is 5.56 Å². The number of thioether (sulfide) groups is 1. The molecular weight excluding hydrogens is 180 g/mol. The molecule has 2 heteroatoms. The lowest BCUT2D eigenvalue weighted by Crippen LogP contribution is -2.21. The largest absolute Gasteiger partial charge is 0.363 e. The Hall–Kier alpha value is -0.470. The molecule has 0 N–H and O–H groups in total. The van der Waals surface area contributed by atoms with Gasteiger partial charge in [0.15, 0.2) is 0 Å². The monoisotopic (exact) mass is 194 g/mol. The van der Waals surface area contributed by atoms with E-state index in [1.54, 1.807) is 0 Å². The van der Waals surface area contributed by atoms with Crippen molar-refractivity contribution in [3.63, 3.8) is 0 Å². The van der Waals surface area contributed by atoms with E-state index in [0.29, 0.717) is 5.25 Å². The number of epoxide rings is 1. The van der Waals surface area contributed by atoms with Gasteiger partial charge in [0.25, 0.3) is 0 Å². The van der Waals surface area contributed by atoms with Gasteiger partial charge in [0.05, 0.1) is 6.61 Å². The van der Waals surface area contributed by atoms with E-state index < -0.39 is 0 Å². The van der Waals surface area contributed by atoms with Crippen LogP contribution in [0.25, 0.3) is 0 Å². The van der Waals surface area contributed by atoms with Crippen LogP contribution in [0.3, 0.4) is 0 Å². The van der Waals surface area contributed by atoms with Crippen LogP contribution in [0.1, 0.15) is 12.5 Å². The van der Waals surface area contributed by atoms with E-state index in [0.717, 1.165) is 6.61 Å². The number of hydrogen-bond acceptors (Lipinski definition) is 2. The molecule has 0 aliphatic carbocycles. The van der Waals surface area contributed by atoms with Gasteiger partial charge in [-0.1, -0.05) is 37.3 Å². The minimum absolute atomic E-state index is 0.0146. The first-order valence-electron chi connectivity index (χ1n) is 4.52. The van der Waals surface area contributed by atoms with Crippen molar-refractivity contribution in [1.82, 2.24) is 0 Å². The van der Waals surface area contributed by atoms with Gasteiger partial charge < -0.3 is 4.74 Å². The first-order valence-corrected chi connectivity index (χ1v) is 5.80. The third kappa shape index (κ3) is 1.49. The molecule has 1 heterocycles. The lowest BCUT2D eigenvalue weighted by atomic mass is 9.97. The van der Waals surface area contributed by atoms with Gasteiger partial charge >= 0.3 is 0 Å². The van der Waals surface area contributed by atoms with E-state index in [9.17, 15) is 0 Å². The summed E-state index contributed by atoms with van der Waals surface area (Å²) >= 11 is 1.86. The molecule has 0 bridgehead atoms. The molecule has 1 aliphatic heterocycles. The Labute approximate surface area is 83.5 Å². The second-order valence-electron chi connectivity index (χ2n) is 3.42. The van der Waals surface area contributed by atoms with E-state index in [-0.39, 0.29) is 5.60 Å². The van der Waals surface area contributed by atoms with Crippen molar-refractivity contribution in [2.75, 3.05) is 12.9 Å². The van der Waals surface area contributed by atoms with Crippen molar-refractivity contribution in [1.29, 1.82) is 0 Å². The Morgan fingerprint density at radius 3 is 2.46 bits per heavy atom. The average molecular weight is 194 g/mol. The predicted octanol–water partition coefficient (Wildman–Crippen LogP) is 2.66. The van der Waals surface area contributed by atoms with Crippen LogP contribution in [0.4, 0.5) is 0 Å². The van der Waals surface area contributed by atoms with Crippen molar-refractivity contribution in [2.24, 2.45) is 0 Å². The zero-order valence-corrected chi connectivity index (χ0v) is 8.80. The zero-order chi connectivity index (χ0) is 9.31. The minimum Gasteiger partial charge on any atom is -0.363 e. The predicted molar refractivity (Wildman–Crippen MR) is 57.0 cm³/mol. The maximum absolute atomic E-state index is 5.61. The molecule has 0 aromatic heterocycles. The van der Waals surface area contributed by atoms with Gasteiger partial charge in [-0.05, 0) is 11.8 Å². The van der Waals surface area contributed by atoms with Crippen LogP contribution >= 0.6 is 11.8 Å². The Morgan fingerprint density at radius 2 is 2.00 bits per heavy atom. The normalized spacial score (nSPS) is 28.5. The molecule has 0 saturated carbocycles. The van der Waals surface area contributed by atoms with E-state index >= 15 is 0 Å². The van der Waals surface area contributed by atoms with E-state index in [4.69, 9.17) is 4.74 Å². The molecule has 70 valence electrons. The quantitative estimate of drug-likeness (QED) is 0.686. The third-order valence-corrected chi connectivity index (χ3v) is 3.82. The molecule has 1 aliphatic rings. The molecule has 0 radical (unpaired) electrons. The topological polar surface area (TPSA) is 12.5 Å². The summed E-state index contributed by atoms with van der Waals surface area (Å²) < 4.78 is 5.61. The zero-order valence-electron chi connectivity index (χ0n) is 7.99. The van der Waals surface area contributed by atoms with Gasteiger partial charge in [0.1, 0.15) is 5.60 Å². The molecule has 1 saturated heterocycles. The van der Waals surface area contributed by atoms with Crippen molar-refractivity contribution in [3.8, 4) is 0 Å². The smallest absolute Gasteiger partial charge is 0.128 e. The molecular formula is C11H14OS. The van der Waals surface area contributed by atoms with Crippen LogP contribution in [0.2, 0.25) is 0 Å². The molecule has 2 rings (SSSR count). The fraction of sp³-hybridized carbons (Fsp3) is 0.455. The van der Waals surface area contributed by atoms with Gasteiger partial charge in [0, 0.05) is 5.25 Å². The van der Waals surface area contributed by atoms with Crippen LogP contribution in [0.5, 0.6) is 0 Å². The number of hydrogen-bond donors (Lipinski definition) is 0. The van der Waals surface area contributed by atoms with Gasteiger partial charge in [-0.2, -0.15) is 11.8 Å². The highest BCUT2D eigenvalue weighted by molar-refractivity contribution is 7.99. The first kappa shape index (κ1) is 9.10.